The van der Waals surface area contributed by atoms with Crippen molar-refractivity contribution in [1.82, 2.24) is 4.90 Å². The molecule has 2 aliphatic rings. The first-order valence-electron chi connectivity index (χ1n) is 8.74. The van der Waals surface area contributed by atoms with Gasteiger partial charge in [-0.05, 0) is 42.9 Å². The van der Waals surface area contributed by atoms with Gasteiger partial charge in [0.15, 0.2) is 0 Å². The van der Waals surface area contributed by atoms with Gasteiger partial charge >= 0.3 is 0 Å². The van der Waals surface area contributed by atoms with Gasteiger partial charge in [-0.25, -0.2) is 0 Å². The van der Waals surface area contributed by atoms with Crippen molar-refractivity contribution in [3.63, 3.8) is 0 Å². The molecule has 0 amide bonds. The van der Waals surface area contributed by atoms with Gasteiger partial charge in [-0.3, -0.25) is 4.90 Å². The first-order valence-corrected chi connectivity index (χ1v) is 9.12. The summed E-state index contributed by atoms with van der Waals surface area (Å²) in [4.78, 5) is 2.64. The van der Waals surface area contributed by atoms with Crippen LogP contribution in [0.3, 0.4) is 0 Å². The van der Waals surface area contributed by atoms with E-state index in [4.69, 9.17) is 11.6 Å². The molecule has 3 atom stereocenters. The molecule has 0 saturated carbocycles. The first kappa shape index (κ1) is 15.7. The second kappa shape index (κ2) is 6.59. The van der Waals surface area contributed by atoms with Gasteiger partial charge in [0.05, 0.1) is 12.1 Å². The Labute approximate surface area is 148 Å². The lowest BCUT2D eigenvalue weighted by Crippen LogP contribution is -2.45. The quantitative estimate of drug-likeness (QED) is 0.770. The zero-order valence-corrected chi connectivity index (χ0v) is 14.4. The van der Waals surface area contributed by atoms with E-state index in [1.165, 1.54) is 24.0 Å². The maximum atomic E-state index is 9.37. The van der Waals surface area contributed by atoms with E-state index in [9.17, 15) is 5.26 Å². The molecule has 2 bridgehead atoms. The molecule has 0 radical (unpaired) electrons. The smallest absolute Gasteiger partial charge is 0.0657 e. The molecule has 24 heavy (non-hydrogen) atoms. The fraction of sp³-hybridized carbons (Fsp3) is 0.381. The van der Waals surface area contributed by atoms with Crippen molar-refractivity contribution in [3.8, 4) is 6.07 Å². The average molecular weight is 337 g/mol. The van der Waals surface area contributed by atoms with E-state index in [1.807, 2.05) is 12.1 Å². The standard InChI is InChI=1S/C21H21ClN2/c22-20-9-5-4-8-19(20)21(16-6-2-1-3-7-16)24-17-10-11-18(24)13-15(12-17)14-23/h1-9,15,17-18,21H,10-13H2. The number of benzene rings is 2. The molecule has 0 N–H and O–H groups in total. The van der Waals surface area contributed by atoms with Gasteiger partial charge in [0, 0.05) is 23.0 Å². The van der Waals surface area contributed by atoms with Gasteiger partial charge in [0.25, 0.3) is 0 Å². The van der Waals surface area contributed by atoms with E-state index in [0.29, 0.717) is 12.1 Å². The van der Waals surface area contributed by atoms with Crippen molar-refractivity contribution in [2.45, 2.75) is 43.8 Å². The van der Waals surface area contributed by atoms with Crippen LogP contribution in [0.4, 0.5) is 0 Å². The molecule has 2 fully saturated rings. The highest BCUT2D eigenvalue weighted by atomic mass is 35.5. The SMILES string of the molecule is N#CC1CC2CCC(C1)N2C(c1ccccc1)c1ccccc1Cl. The Morgan fingerprint density at radius 3 is 2.21 bits per heavy atom. The fourth-order valence-corrected chi connectivity index (χ4v) is 4.82. The molecule has 0 aromatic heterocycles. The molecule has 0 spiro atoms. The summed E-state index contributed by atoms with van der Waals surface area (Å²) in [5.41, 5.74) is 2.47. The second-order valence-corrected chi connectivity index (χ2v) is 7.37. The van der Waals surface area contributed by atoms with Gasteiger partial charge in [0.2, 0.25) is 0 Å². The maximum absolute atomic E-state index is 9.37. The van der Waals surface area contributed by atoms with E-state index in [1.54, 1.807) is 0 Å². The molecule has 2 nitrogen and oxygen atoms in total. The van der Waals surface area contributed by atoms with Crippen LogP contribution in [0.5, 0.6) is 0 Å². The zero-order valence-electron chi connectivity index (χ0n) is 13.6. The number of hydrogen-bond acceptors (Lipinski definition) is 2. The molecule has 2 aromatic rings. The van der Waals surface area contributed by atoms with Crippen molar-refractivity contribution in [2.24, 2.45) is 5.92 Å². The molecular weight excluding hydrogens is 316 g/mol. The van der Waals surface area contributed by atoms with E-state index in [-0.39, 0.29) is 12.0 Å². The van der Waals surface area contributed by atoms with Crippen molar-refractivity contribution in [2.75, 3.05) is 0 Å². The third-order valence-electron chi connectivity index (χ3n) is 5.59. The molecule has 2 heterocycles. The summed E-state index contributed by atoms with van der Waals surface area (Å²) in [7, 11) is 0. The minimum Gasteiger partial charge on any atom is -0.286 e. The van der Waals surface area contributed by atoms with Crippen LogP contribution in [0.1, 0.15) is 42.9 Å². The van der Waals surface area contributed by atoms with Crippen LogP contribution in [-0.4, -0.2) is 17.0 Å². The average Bonchev–Trinajstić information content (AvgIpc) is 2.87. The minimum atomic E-state index is 0.178. The molecule has 0 aliphatic carbocycles. The summed E-state index contributed by atoms with van der Waals surface area (Å²) in [5.74, 6) is 0.210. The van der Waals surface area contributed by atoms with Crippen LogP contribution in [0.2, 0.25) is 5.02 Å². The van der Waals surface area contributed by atoms with E-state index in [2.05, 4.69) is 53.4 Å². The second-order valence-electron chi connectivity index (χ2n) is 6.96. The Bertz CT molecular complexity index is 738. The minimum absolute atomic E-state index is 0.178. The van der Waals surface area contributed by atoms with Crippen LogP contribution < -0.4 is 0 Å². The molecule has 4 rings (SSSR count). The Kier molecular flexibility index (Phi) is 4.31. The summed E-state index contributed by atoms with van der Waals surface area (Å²) < 4.78 is 0. The van der Waals surface area contributed by atoms with Gasteiger partial charge in [-0.1, -0.05) is 60.1 Å². The molecule has 122 valence electrons. The highest BCUT2D eigenvalue weighted by molar-refractivity contribution is 6.31. The molecule has 2 saturated heterocycles. The summed E-state index contributed by atoms with van der Waals surface area (Å²) in [6, 6.07) is 22.5. The zero-order chi connectivity index (χ0) is 16.5. The topological polar surface area (TPSA) is 27.0 Å². The van der Waals surface area contributed by atoms with Gasteiger partial charge in [-0.15, -0.1) is 0 Å². The summed E-state index contributed by atoms with van der Waals surface area (Å²) in [6.45, 7) is 0. The van der Waals surface area contributed by atoms with Crippen LogP contribution in [0, 0.1) is 17.2 Å². The van der Waals surface area contributed by atoms with Gasteiger partial charge in [0.1, 0.15) is 0 Å². The molecule has 2 aliphatic heterocycles. The van der Waals surface area contributed by atoms with E-state index in [0.717, 1.165) is 17.9 Å². The number of piperidine rings is 1. The van der Waals surface area contributed by atoms with Crippen molar-refractivity contribution < 1.29 is 0 Å². The fourth-order valence-electron chi connectivity index (χ4n) is 4.58. The van der Waals surface area contributed by atoms with Crippen LogP contribution in [0.15, 0.2) is 54.6 Å². The predicted molar refractivity (Wildman–Crippen MR) is 96.7 cm³/mol. The molecular formula is C21H21ClN2. The highest BCUT2D eigenvalue weighted by Gasteiger charge is 2.45. The maximum Gasteiger partial charge on any atom is 0.0657 e. The summed E-state index contributed by atoms with van der Waals surface area (Å²) >= 11 is 6.58. The first-order chi connectivity index (χ1) is 11.8. The molecule has 3 heteroatoms. The third kappa shape index (κ3) is 2.73. The van der Waals surface area contributed by atoms with Gasteiger partial charge in [-0.2, -0.15) is 5.26 Å². The van der Waals surface area contributed by atoms with Crippen molar-refractivity contribution in [1.29, 1.82) is 5.26 Å². The normalized spacial score (nSPS) is 27.6. The number of nitriles is 1. The number of nitrogens with zero attached hydrogens (tertiary/aromatic N) is 2. The van der Waals surface area contributed by atoms with E-state index >= 15 is 0 Å². The lowest BCUT2D eigenvalue weighted by molar-refractivity contribution is 0.0883. The number of halogens is 1. The number of hydrogen-bond donors (Lipinski definition) is 0. The molecule has 3 unspecified atom stereocenters. The highest BCUT2D eigenvalue weighted by Crippen LogP contribution is 2.46. The Morgan fingerprint density at radius 2 is 1.58 bits per heavy atom. The largest absolute Gasteiger partial charge is 0.286 e. The lowest BCUT2D eigenvalue weighted by Gasteiger charge is -2.43. The Morgan fingerprint density at radius 1 is 0.958 bits per heavy atom. The Balaban J connectivity index is 1.78. The predicted octanol–water partition coefficient (Wildman–Crippen LogP) is 5.20. The monoisotopic (exact) mass is 336 g/mol. The summed E-state index contributed by atoms with van der Waals surface area (Å²) in [6.07, 6.45) is 4.36. The Hall–Kier alpha value is -1.82. The van der Waals surface area contributed by atoms with Gasteiger partial charge < -0.3 is 0 Å². The van der Waals surface area contributed by atoms with Crippen LogP contribution in [-0.2, 0) is 0 Å². The van der Waals surface area contributed by atoms with Crippen LogP contribution >= 0.6 is 11.6 Å². The van der Waals surface area contributed by atoms with Crippen molar-refractivity contribution >= 4 is 11.6 Å². The third-order valence-corrected chi connectivity index (χ3v) is 5.93. The lowest BCUT2D eigenvalue weighted by atomic mass is 9.87. The van der Waals surface area contributed by atoms with Crippen LogP contribution in [0.25, 0.3) is 0 Å². The number of rotatable bonds is 3. The van der Waals surface area contributed by atoms with E-state index < -0.39 is 0 Å². The molecule has 2 aromatic carbocycles. The number of fused-ring (bicyclic) bond motifs is 2. The van der Waals surface area contributed by atoms with Crippen molar-refractivity contribution in [3.05, 3.63) is 70.7 Å². The summed E-state index contributed by atoms with van der Waals surface area (Å²) in [5, 5.41) is 10.2.